The van der Waals surface area contributed by atoms with E-state index in [-0.39, 0.29) is 103 Å². The highest BCUT2D eigenvalue weighted by Gasteiger charge is 2.55. The van der Waals surface area contributed by atoms with Crippen LogP contribution in [-0.4, -0.2) is 196 Å². The fraction of sp³-hybridized carbons (Fsp3) is 0.270. The van der Waals surface area contributed by atoms with Gasteiger partial charge in [0.2, 0.25) is 18.6 Å². The van der Waals surface area contributed by atoms with Gasteiger partial charge in [-0.25, -0.2) is 39.9 Å². The number of hydrogen-bond donors (Lipinski definition) is 6. The molecule has 7 aliphatic heterocycles. The molecule has 0 spiro atoms. The molecule has 1 aliphatic carbocycles. The molecule has 2 unspecified atom stereocenters. The quantitative estimate of drug-likeness (QED) is 0.0208. The van der Waals surface area contributed by atoms with Crippen molar-refractivity contribution in [2.75, 3.05) is 61.3 Å². The van der Waals surface area contributed by atoms with Gasteiger partial charge in [-0.3, -0.25) is 73.3 Å². The topological polar surface area (TPSA) is 502 Å². The Balaban J connectivity index is 0.000000128. The molecule has 9 aromatic carbocycles. The fourth-order valence-electron chi connectivity index (χ4n) is 20.0. The van der Waals surface area contributed by atoms with E-state index < -0.39 is 38.5 Å². The van der Waals surface area contributed by atoms with Crippen LogP contribution < -0.4 is 47.6 Å². The minimum atomic E-state index is -1.28. The molecule has 39 heteroatoms. The van der Waals surface area contributed by atoms with Gasteiger partial charge in [-0.1, -0.05) is 231 Å². The van der Waals surface area contributed by atoms with Crippen LogP contribution in [0, 0.1) is 33.3 Å². The molecule has 11 N–H and O–H groups in total. The maximum Gasteiger partial charge on any atom is 0.269 e. The van der Waals surface area contributed by atoms with E-state index in [4.69, 9.17) is 86.1 Å². The predicted octanol–water partition coefficient (Wildman–Crippen LogP) is 14.9. The first kappa shape index (κ1) is 104. The number of pyridine rings is 2. The van der Waals surface area contributed by atoms with Crippen LogP contribution in [0.4, 0.5) is 5.69 Å². The first-order valence-corrected chi connectivity index (χ1v) is 50.1. The summed E-state index contributed by atoms with van der Waals surface area (Å²) in [6, 6.07) is 71.5. The molecule has 0 bridgehead atoms. The number of nitrogens with two attached hydrogens (primary N) is 5. The summed E-state index contributed by atoms with van der Waals surface area (Å²) >= 11 is 13.8. The summed E-state index contributed by atoms with van der Waals surface area (Å²) in [5.74, 6) is 2.56. The number of carbonyl (C=O) groups excluding carboxylic acids is 6. The normalized spacial score (nSPS) is 20.2. The number of aliphatic hydroxyl groups is 1. The lowest BCUT2D eigenvalue weighted by Crippen LogP contribution is -2.52. The number of aliphatic imine (C=N–C) groups is 5. The second-order valence-electron chi connectivity index (χ2n) is 37.6. The third kappa shape index (κ3) is 21.0. The van der Waals surface area contributed by atoms with E-state index in [2.05, 4.69) is 46.0 Å². The standard InChI is InChI=1S/C26H32N4O4.C22H18N6O3S.C22H18N4O3.C21H25ClN4O2.C20H16ClN5O/c1-17(32)29-11-9-18(10-12-29)15-30-24(33)26(2,28-25(30)27)21-6-4-5-19(13-21)23-14-22(34-3)8-7-20(23)16-31;1-22(20-26-15(10-32-20)14-5-12(7-23)8-25-9-14)18(19(29)28(2)21(24)27-22)13-3-4-16-17(6-13)31-11-30-16;23-21-24-22(17-9-3-1-4-10-17,18-11-5-2-6-12-18)20(27)25(21)15-16-8-7-13-19(14-16)26(28)29;1-26-19(27)21(25-20(26)23,11-14-7-3-2-4-8-14)13-28-17-12-24-18(22)16-10-6-5-9-15(16)17;1-26-18(27)20(25-19(26)22,14-7-3-2-4-8-14)15-9-5-6-13(12-15)16-17(21)24-11-10-23-16/h4-8,13-14,18,31H,9-12,15-16H2,1-3H3,(H2,27,28);3-6,8-10,18H,11H2,1-2H3,(H2,24,27);1-14H,15H2,(H2,23,24);5-6,9-10,12,14H,2-4,7-8,11,13H2,1H3,(H2,23,25);2-12H,1H3,(H2,22,25)/t;18-,22+;;21-;/m.1.0./s1. The molecule has 150 heavy (non-hydrogen) atoms. The summed E-state index contributed by atoms with van der Waals surface area (Å²) in [5.41, 5.74) is 35.3. The van der Waals surface area contributed by atoms with E-state index in [0.717, 1.165) is 75.4 Å². The second-order valence-corrected chi connectivity index (χ2v) is 39.2. The summed E-state index contributed by atoms with van der Waals surface area (Å²) in [4.78, 5) is 143. The minimum absolute atomic E-state index is 0.0398. The molecule has 766 valence electrons. The highest BCUT2D eigenvalue weighted by Crippen LogP contribution is 2.50. The predicted molar refractivity (Wildman–Crippen MR) is 571 cm³/mol. The van der Waals surface area contributed by atoms with Crippen molar-refractivity contribution in [3.8, 4) is 62.7 Å². The average molecular weight is 2080 g/mol. The summed E-state index contributed by atoms with van der Waals surface area (Å²) in [7, 11) is 6.49. The van der Waals surface area contributed by atoms with E-state index in [9.17, 15) is 44.0 Å². The first-order valence-electron chi connectivity index (χ1n) is 48.5. The molecule has 1 saturated heterocycles. The van der Waals surface area contributed by atoms with E-state index >= 15 is 0 Å². The monoisotopic (exact) mass is 2070 g/mol. The van der Waals surface area contributed by atoms with E-state index in [1.807, 2.05) is 211 Å². The number of guanidine groups is 5. The molecule has 1 saturated carbocycles. The Kier molecular flexibility index (Phi) is 30.9. The molecular formula is C111H109Cl2N23O13S. The third-order valence-corrected chi connectivity index (χ3v) is 29.8. The van der Waals surface area contributed by atoms with Crippen molar-refractivity contribution in [3.05, 3.63) is 342 Å². The minimum Gasteiger partial charge on any atom is -0.497 e. The molecule has 4 aromatic heterocycles. The van der Waals surface area contributed by atoms with E-state index in [1.54, 1.807) is 89.9 Å². The van der Waals surface area contributed by atoms with Crippen molar-refractivity contribution in [3.63, 3.8) is 0 Å². The van der Waals surface area contributed by atoms with Gasteiger partial charge in [0.25, 0.3) is 29.3 Å². The summed E-state index contributed by atoms with van der Waals surface area (Å²) in [6.45, 7) is 7.40. The number of non-ortho nitro benzene ring substituents is 1. The largest absolute Gasteiger partial charge is 0.497 e. The van der Waals surface area contributed by atoms with Crippen LogP contribution in [-0.2, 0) is 64.1 Å². The highest BCUT2D eigenvalue weighted by atomic mass is 35.5. The van der Waals surface area contributed by atoms with Crippen LogP contribution in [0.15, 0.2) is 292 Å². The lowest BCUT2D eigenvalue weighted by atomic mass is 9.79. The number of nitriles is 1. The van der Waals surface area contributed by atoms with Gasteiger partial charge in [-0.05, 0) is 143 Å². The number of aliphatic hydroxyl groups excluding tert-OH is 1. The smallest absolute Gasteiger partial charge is 0.269 e. The maximum atomic E-state index is 13.7. The molecule has 21 rings (SSSR count). The Bertz CT molecular complexity index is 7510. The van der Waals surface area contributed by atoms with Gasteiger partial charge in [0.1, 0.15) is 45.6 Å². The maximum absolute atomic E-state index is 13.7. The molecule has 11 heterocycles. The molecule has 8 aliphatic rings. The van der Waals surface area contributed by atoms with Crippen molar-refractivity contribution in [1.29, 1.82) is 5.26 Å². The Labute approximate surface area is 878 Å². The third-order valence-electron chi connectivity index (χ3n) is 28.2. The summed E-state index contributed by atoms with van der Waals surface area (Å²) in [5, 5.41) is 35.0. The van der Waals surface area contributed by atoms with Gasteiger partial charge in [0.15, 0.2) is 68.6 Å². The van der Waals surface area contributed by atoms with Gasteiger partial charge in [-0.2, -0.15) is 5.26 Å². The summed E-state index contributed by atoms with van der Waals surface area (Å²) < 4.78 is 22.4. The molecule has 5 atom stereocenters. The highest BCUT2D eigenvalue weighted by molar-refractivity contribution is 7.10. The fourth-order valence-corrected chi connectivity index (χ4v) is 21.4. The zero-order valence-corrected chi connectivity index (χ0v) is 85.5. The number of methoxy groups -OCH3 is 1. The van der Waals surface area contributed by atoms with Crippen molar-refractivity contribution in [1.82, 2.24) is 54.3 Å². The zero-order chi connectivity index (χ0) is 106. The summed E-state index contributed by atoms with van der Waals surface area (Å²) in [6.07, 6.45) is 16.1. The van der Waals surface area contributed by atoms with E-state index in [1.165, 1.54) is 74.7 Å². The number of halogens is 2. The van der Waals surface area contributed by atoms with Crippen LogP contribution in [0.3, 0.4) is 0 Å². The van der Waals surface area contributed by atoms with Gasteiger partial charge >= 0.3 is 0 Å². The average Bonchev–Trinajstić information content (AvgIpc) is 1.48. The van der Waals surface area contributed by atoms with Crippen molar-refractivity contribution in [2.24, 2.45) is 65.5 Å². The lowest BCUT2D eigenvalue weighted by Gasteiger charge is -2.39. The molecule has 13 aromatic rings. The number of likely N-dealkylation sites (N-methyl/N-ethyl adjacent to an activating group) is 3. The number of fused-ring (bicyclic) bond motifs is 2. The van der Waals surface area contributed by atoms with Crippen molar-refractivity contribution < 1.29 is 57.7 Å². The SMILES string of the molecule is CN1C(=O)C(c2ccccc2)(c2cccc(-c3nccnc3Cl)c2)N=C1N.CN1C(=O)[C@@H](c2ccc3c(c2)OCO3)[C@@](C)(c2nc(-c3cncc(C#N)c3)cs2)N=C1N.CN1C(=O)[C@@](COc2cnc(Cl)c3ccccc23)(CC2CCCCC2)N=C1N.COc1ccc(CO)c(-c2cccc(C3(C)N=C(N)N(CC4CCN(C(C)=O)CC4)C3=O)c2)c1.NC1=NC(c2ccccc2)(c2ccccc2)C(=O)N1Cc1cccc([N+](=O)[O-])c1. The zero-order valence-electron chi connectivity index (χ0n) is 83.2. The second kappa shape index (κ2) is 44.4. The Morgan fingerprint density at radius 3 is 1.83 bits per heavy atom. The van der Waals surface area contributed by atoms with Crippen LogP contribution in [0.2, 0.25) is 10.3 Å². The molecule has 36 nitrogen and oxygen atoms in total. The number of nitrogens with zero attached hydrogens (tertiary/aromatic N) is 18. The number of thiazole rings is 1. The molecule has 2 fully saturated rings. The van der Waals surface area contributed by atoms with Gasteiger partial charge in [0.05, 0.1) is 48.6 Å². The lowest BCUT2D eigenvalue weighted by molar-refractivity contribution is -0.384. The van der Waals surface area contributed by atoms with E-state index in [0.29, 0.717) is 115 Å². The Morgan fingerprint density at radius 2 is 1.19 bits per heavy atom. The first-order chi connectivity index (χ1) is 72.2. The number of carbonyl (C=O) groups is 6. The van der Waals surface area contributed by atoms with Gasteiger partial charge in [-0.15, -0.1) is 11.3 Å². The number of ether oxygens (including phenoxy) is 4. The molecule has 0 radical (unpaired) electrons. The number of piperidine rings is 1. The van der Waals surface area contributed by atoms with Crippen LogP contribution in [0.25, 0.3) is 44.4 Å². The van der Waals surface area contributed by atoms with Crippen molar-refractivity contribution >= 4 is 116 Å². The van der Waals surface area contributed by atoms with Crippen LogP contribution in [0.1, 0.15) is 133 Å². The van der Waals surface area contributed by atoms with Gasteiger partial charge < -0.3 is 57.6 Å². The molecular weight excluding hydrogens is 1970 g/mol. The van der Waals surface area contributed by atoms with Gasteiger partial charge in [0, 0.05) is 112 Å². The number of benzene rings is 9. The number of likely N-dealkylation sites (tertiary alicyclic amines) is 1. The Hall–Kier alpha value is -17.0. The van der Waals surface area contributed by atoms with Crippen molar-refractivity contribution in [2.45, 2.75) is 119 Å². The number of aromatic nitrogens is 5. The number of amides is 6. The Morgan fingerprint density at radius 1 is 0.580 bits per heavy atom. The molecule has 6 amide bonds. The number of nitro benzene ring substituents is 1. The number of hydrogen-bond acceptors (Lipinski definition) is 30. The van der Waals surface area contributed by atoms with Crippen LogP contribution >= 0.6 is 34.5 Å². The number of rotatable bonds is 22. The van der Waals surface area contributed by atoms with Crippen LogP contribution in [0.5, 0.6) is 23.0 Å². The number of nitro groups is 1.